The average molecular weight is 281 g/mol. The average Bonchev–Trinajstić information content (AvgIpc) is 2.28. The van der Waals surface area contributed by atoms with Crippen LogP contribution in [0, 0.1) is 6.92 Å². The molecule has 0 aromatic heterocycles. The third-order valence-corrected chi connectivity index (χ3v) is 2.40. The van der Waals surface area contributed by atoms with Gasteiger partial charge in [0.25, 0.3) is 0 Å². The number of methoxy groups -OCH3 is 1. The van der Waals surface area contributed by atoms with Gasteiger partial charge in [0.1, 0.15) is 11.4 Å². The van der Waals surface area contributed by atoms with Crippen molar-refractivity contribution in [3.63, 3.8) is 0 Å². The molecule has 0 bridgehead atoms. The lowest BCUT2D eigenvalue weighted by atomic mass is 10.1. The molecular formula is C14H19NO5. The minimum Gasteiger partial charge on any atom is -0.497 e. The summed E-state index contributed by atoms with van der Waals surface area (Å²) >= 11 is 0. The lowest BCUT2D eigenvalue weighted by Gasteiger charge is -2.21. The summed E-state index contributed by atoms with van der Waals surface area (Å²) in [4.78, 5) is 23.0. The van der Waals surface area contributed by atoms with Crippen molar-refractivity contribution in [2.75, 3.05) is 12.4 Å². The summed E-state index contributed by atoms with van der Waals surface area (Å²) in [6.45, 7) is 6.87. The van der Waals surface area contributed by atoms with Crippen LogP contribution in [0.1, 0.15) is 36.7 Å². The maximum atomic E-state index is 11.8. The van der Waals surface area contributed by atoms with Crippen molar-refractivity contribution in [3.05, 3.63) is 23.3 Å². The highest BCUT2D eigenvalue weighted by Crippen LogP contribution is 2.27. The third kappa shape index (κ3) is 4.15. The lowest BCUT2D eigenvalue weighted by molar-refractivity contribution is 0.0635. The molecule has 2 N–H and O–H groups in total. The second-order valence-corrected chi connectivity index (χ2v) is 5.30. The van der Waals surface area contributed by atoms with Crippen LogP contribution in [0.2, 0.25) is 0 Å². The fourth-order valence-corrected chi connectivity index (χ4v) is 1.61. The molecule has 0 atom stereocenters. The maximum Gasteiger partial charge on any atom is 0.412 e. The minimum absolute atomic E-state index is 0.0484. The van der Waals surface area contributed by atoms with Crippen LogP contribution in [0.4, 0.5) is 10.5 Å². The Kier molecular flexibility index (Phi) is 4.60. The molecule has 0 aliphatic heterocycles. The number of hydrogen-bond acceptors (Lipinski definition) is 4. The molecular weight excluding hydrogens is 262 g/mol. The fourth-order valence-electron chi connectivity index (χ4n) is 1.61. The van der Waals surface area contributed by atoms with Crippen molar-refractivity contribution in [3.8, 4) is 5.75 Å². The number of carboxylic acids is 1. The summed E-state index contributed by atoms with van der Waals surface area (Å²) < 4.78 is 10.1. The van der Waals surface area contributed by atoms with E-state index in [2.05, 4.69) is 5.32 Å². The lowest BCUT2D eigenvalue weighted by Crippen LogP contribution is -2.28. The van der Waals surface area contributed by atoms with E-state index in [1.165, 1.54) is 13.2 Å². The highest BCUT2D eigenvalue weighted by atomic mass is 16.6. The van der Waals surface area contributed by atoms with Crippen molar-refractivity contribution < 1.29 is 24.2 Å². The summed E-state index contributed by atoms with van der Waals surface area (Å²) in [5, 5.41) is 11.7. The first-order valence-corrected chi connectivity index (χ1v) is 6.06. The molecule has 0 heterocycles. The van der Waals surface area contributed by atoms with E-state index in [-0.39, 0.29) is 11.3 Å². The Balaban J connectivity index is 3.11. The molecule has 1 rings (SSSR count). The van der Waals surface area contributed by atoms with E-state index >= 15 is 0 Å². The number of benzene rings is 1. The van der Waals surface area contributed by atoms with Gasteiger partial charge in [0.15, 0.2) is 0 Å². The minimum atomic E-state index is -1.15. The fraction of sp³-hybridized carbons (Fsp3) is 0.429. The summed E-state index contributed by atoms with van der Waals surface area (Å²) in [7, 11) is 1.45. The van der Waals surface area contributed by atoms with Gasteiger partial charge < -0.3 is 14.6 Å². The molecule has 0 radical (unpaired) electrons. The van der Waals surface area contributed by atoms with E-state index in [1.54, 1.807) is 33.8 Å². The first-order chi connectivity index (χ1) is 9.14. The van der Waals surface area contributed by atoms with Gasteiger partial charge in [-0.3, -0.25) is 5.32 Å². The van der Waals surface area contributed by atoms with Crippen molar-refractivity contribution in [1.29, 1.82) is 0 Å². The van der Waals surface area contributed by atoms with Crippen LogP contribution in [-0.2, 0) is 4.74 Å². The second kappa shape index (κ2) is 5.81. The zero-order chi connectivity index (χ0) is 15.5. The van der Waals surface area contributed by atoms with Gasteiger partial charge in [0, 0.05) is 0 Å². The molecule has 1 amide bonds. The van der Waals surface area contributed by atoms with E-state index in [0.717, 1.165) is 0 Å². The van der Waals surface area contributed by atoms with Crippen LogP contribution >= 0.6 is 0 Å². The zero-order valence-corrected chi connectivity index (χ0v) is 12.2. The van der Waals surface area contributed by atoms with Crippen LogP contribution in [0.15, 0.2) is 12.1 Å². The van der Waals surface area contributed by atoms with Crippen LogP contribution in [0.25, 0.3) is 0 Å². The number of aromatic carboxylic acids is 1. The Morgan fingerprint density at radius 2 is 1.85 bits per heavy atom. The molecule has 1 aromatic carbocycles. The van der Waals surface area contributed by atoms with E-state index in [4.69, 9.17) is 9.47 Å². The Hall–Kier alpha value is -2.24. The van der Waals surface area contributed by atoms with Crippen molar-refractivity contribution in [2.24, 2.45) is 0 Å². The van der Waals surface area contributed by atoms with Crippen molar-refractivity contribution >= 4 is 17.7 Å². The number of carbonyl (C=O) groups excluding carboxylic acids is 1. The molecule has 0 saturated heterocycles. The smallest absolute Gasteiger partial charge is 0.412 e. The highest BCUT2D eigenvalue weighted by Gasteiger charge is 2.20. The van der Waals surface area contributed by atoms with Gasteiger partial charge in [-0.1, -0.05) is 0 Å². The van der Waals surface area contributed by atoms with Gasteiger partial charge in [0.05, 0.1) is 18.4 Å². The first-order valence-electron chi connectivity index (χ1n) is 6.06. The van der Waals surface area contributed by atoms with E-state index in [9.17, 15) is 14.7 Å². The predicted molar refractivity (Wildman–Crippen MR) is 74.5 cm³/mol. The monoisotopic (exact) mass is 281 g/mol. The van der Waals surface area contributed by atoms with Crippen molar-refractivity contribution in [1.82, 2.24) is 0 Å². The SMILES string of the molecule is COc1cc(C)c(NC(=O)OC(C)(C)C)c(C(=O)O)c1. The zero-order valence-electron chi connectivity index (χ0n) is 12.2. The maximum absolute atomic E-state index is 11.8. The molecule has 0 fully saturated rings. The van der Waals surface area contributed by atoms with Gasteiger partial charge in [-0.25, -0.2) is 9.59 Å². The Bertz CT molecular complexity index is 531. The summed E-state index contributed by atoms with van der Waals surface area (Å²) in [6.07, 6.45) is -0.701. The topological polar surface area (TPSA) is 84.9 Å². The largest absolute Gasteiger partial charge is 0.497 e. The van der Waals surface area contributed by atoms with Gasteiger partial charge >= 0.3 is 12.1 Å². The number of ether oxygens (including phenoxy) is 2. The number of anilines is 1. The van der Waals surface area contributed by atoms with Crippen LogP contribution in [0.3, 0.4) is 0 Å². The summed E-state index contributed by atoms with van der Waals surface area (Å²) in [5.41, 5.74) is 0.0706. The molecule has 1 aromatic rings. The Morgan fingerprint density at radius 3 is 2.30 bits per heavy atom. The highest BCUT2D eigenvalue weighted by molar-refractivity contribution is 6.00. The first kappa shape index (κ1) is 15.8. The standard InChI is InChI=1S/C14H19NO5/c1-8-6-9(19-5)7-10(12(16)17)11(8)15-13(18)20-14(2,3)4/h6-7H,1-5H3,(H,15,18)(H,16,17). The van der Waals surface area contributed by atoms with E-state index in [0.29, 0.717) is 11.3 Å². The molecule has 0 aliphatic carbocycles. The third-order valence-electron chi connectivity index (χ3n) is 2.40. The second-order valence-electron chi connectivity index (χ2n) is 5.30. The summed E-state index contributed by atoms with van der Waals surface area (Å²) in [5.74, 6) is -0.743. The number of hydrogen-bond donors (Lipinski definition) is 2. The van der Waals surface area contributed by atoms with Gasteiger partial charge in [0.2, 0.25) is 0 Å². The summed E-state index contributed by atoms with van der Waals surface area (Å²) in [6, 6.07) is 2.99. The number of carboxylic acid groups (broad SMARTS) is 1. The van der Waals surface area contributed by atoms with Gasteiger partial charge in [-0.2, -0.15) is 0 Å². The van der Waals surface area contributed by atoms with Gasteiger partial charge in [-0.15, -0.1) is 0 Å². The molecule has 110 valence electrons. The number of carbonyl (C=O) groups is 2. The molecule has 6 nitrogen and oxygen atoms in total. The Labute approximate surface area is 117 Å². The van der Waals surface area contributed by atoms with Crippen molar-refractivity contribution in [2.45, 2.75) is 33.3 Å². The molecule has 0 saturated carbocycles. The number of amides is 1. The predicted octanol–water partition coefficient (Wildman–Crippen LogP) is 3.05. The Morgan fingerprint density at radius 1 is 1.25 bits per heavy atom. The normalized spacial score (nSPS) is 10.8. The molecule has 0 spiro atoms. The number of nitrogens with one attached hydrogen (secondary N) is 1. The molecule has 0 aliphatic rings. The van der Waals surface area contributed by atoms with E-state index in [1.807, 2.05) is 0 Å². The van der Waals surface area contributed by atoms with Crippen LogP contribution in [-0.4, -0.2) is 29.9 Å². The molecule has 6 heteroatoms. The quantitative estimate of drug-likeness (QED) is 0.889. The number of aryl methyl sites for hydroxylation is 1. The molecule has 0 unspecified atom stereocenters. The van der Waals surface area contributed by atoms with Crippen LogP contribution < -0.4 is 10.1 Å². The van der Waals surface area contributed by atoms with Crippen LogP contribution in [0.5, 0.6) is 5.75 Å². The van der Waals surface area contributed by atoms with E-state index < -0.39 is 17.7 Å². The molecule has 20 heavy (non-hydrogen) atoms. The van der Waals surface area contributed by atoms with Gasteiger partial charge in [-0.05, 0) is 45.4 Å². The number of rotatable bonds is 3.